The highest BCUT2D eigenvalue weighted by molar-refractivity contribution is 6.11. The van der Waals surface area contributed by atoms with Crippen molar-refractivity contribution in [3.8, 4) is 22.3 Å². The van der Waals surface area contributed by atoms with Crippen molar-refractivity contribution in [1.82, 2.24) is 0 Å². The zero-order valence-electron chi connectivity index (χ0n) is 20.7. The molecule has 2 aliphatic carbocycles. The summed E-state index contributed by atoms with van der Waals surface area (Å²) in [6.45, 7) is 4.53. The summed E-state index contributed by atoms with van der Waals surface area (Å²) in [4.78, 5) is 0. The van der Waals surface area contributed by atoms with Gasteiger partial charge < -0.3 is 0 Å². The molecule has 0 saturated carbocycles. The van der Waals surface area contributed by atoms with Gasteiger partial charge in [-0.1, -0.05) is 135 Å². The van der Waals surface area contributed by atoms with Crippen LogP contribution < -0.4 is 0 Å². The van der Waals surface area contributed by atoms with Crippen LogP contribution in [0.15, 0.2) is 121 Å². The van der Waals surface area contributed by atoms with E-state index in [0.29, 0.717) is 5.92 Å². The summed E-state index contributed by atoms with van der Waals surface area (Å²) in [7, 11) is 0. The number of benzene rings is 5. The van der Waals surface area contributed by atoms with E-state index in [1.54, 1.807) is 0 Å². The fourth-order valence-electron chi connectivity index (χ4n) is 6.28. The molecule has 0 heteroatoms. The molecule has 7 rings (SSSR count). The minimum absolute atomic E-state index is 0.136. The second-order valence-electron chi connectivity index (χ2n) is 10.3. The van der Waals surface area contributed by atoms with Crippen LogP contribution in [0.4, 0.5) is 0 Å². The molecule has 0 heterocycles. The zero-order valence-corrected chi connectivity index (χ0v) is 20.7. The van der Waals surface area contributed by atoms with Crippen LogP contribution in [-0.4, -0.2) is 0 Å². The molecule has 2 bridgehead atoms. The van der Waals surface area contributed by atoms with Crippen LogP contribution in [0.5, 0.6) is 0 Å². The number of hydrogen-bond acceptors (Lipinski definition) is 0. The summed E-state index contributed by atoms with van der Waals surface area (Å²) in [5, 5.41) is 0. The van der Waals surface area contributed by atoms with Gasteiger partial charge in [-0.2, -0.15) is 0 Å². The van der Waals surface area contributed by atoms with Crippen molar-refractivity contribution >= 4 is 11.1 Å². The van der Waals surface area contributed by atoms with Crippen molar-refractivity contribution < 1.29 is 0 Å². The van der Waals surface area contributed by atoms with Crippen LogP contribution in [0.2, 0.25) is 0 Å². The summed E-state index contributed by atoms with van der Waals surface area (Å²) in [6.07, 6.45) is 0. The Bertz CT molecular complexity index is 1550. The predicted molar refractivity (Wildman–Crippen MR) is 152 cm³/mol. The van der Waals surface area contributed by atoms with Crippen molar-refractivity contribution in [3.05, 3.63) is 155 Å². The Morgan fingerprint density at radius 1 is 0.444 bits per heavy atom. The van der Waals surface area contributed by atoms with Gasteiger partial charge in [-0.3, -0.25) is 0 Å². The Balaban J connectivity index is 1.69. The van der Waals surface area contributed by atoms with Crippen molar-refractivity contribution in [2.24, 2.45) is 0 Å². The molecular weight excluding hydrogens is 432 g/mol. The Labute approximate surface area is 213 Å². The maximum absolute atomic E-state index is 2.35. The highest BCUT2D eigenvalue weighted by Crippen LogP contribution is 2.56. The van der Waals surface area contributed by atoms with Crippen molar-refractivity contribution in [2.45, 2.75) is 25.7 Å². The second-order valence-corrected chi connectivity index (χ2v) is 10.3. The van der Waals surface area contributed by atoms with Crippen LogP contribution >= 0.6 is 0 Å². The first-order valence-corrected chi connectivity index (χ1v) is 12.9. The molecule has 0 saturated heterocycles. The molecule has 2 aliphatic rings. The molecule has 0 radical (unpaired) electrons. The predicted octanol–water partition coefficient (Wildman–Crippen LogP) is 9.56. The molecule has 36 heavy (non-hydrogen) atoms. The molecule has 0 amide bonds. The lowest BCUT2D eigenvalue weighted by Gasteiger charge is -2.25. The molecule has 0 spiro atoms. The summed E-state index contributed by atoms with van der Waals surface area (Å²) >= 11 is 0. The van der Waals surface area contributed by atoms with E-state index >= 15 is 0 Å². The Kier molecular flexibility index (Phi) is 4.82. The van der Waals surface area contributed by atoms with E-state index in [4.69, 9.17) is 0 Å². The largest absolute Gasteiger partial charge is 0.0619 e. The normalized spacial score (nSPS) is 13.9. The van der Waals surface area contributed by atoms with E-state index in [0.717, 1.165) is 0 Å². The summed E-state index contributed by atoms with van der Waals surface area (Å²) < 4.78 is 0. The maximum Gasteiger partial charge on any atom is 0.0364 e. The highest BCUT2D eigenvalue weighted by atomic mass is 14.4. The number of fused-ring (bicyclic) bond motifs is 11. The van der Waals surface area contributed by atoms with Crippen LogP contribution in [0.3, 0.4) is 0 Å². The molecule has 0 unspecified atom stereocenters. The van der Waals surface area contributed by atoms with Crippen molar-refractivity contribution in [1.29, 1.82) is 0 Å². The summed E-state index contributed by atoms with van der Waals surface area (Å²) in [5.74, 6) is 0.646. The Morgan fingerprint density at radius 3 is 1.33 bits per heavy atom. The van der Waals surface area contributed by atoms with Gasteiger partial charge in [-0.05, 0) is 72.7 Å². The monoisotopic (exact) mass is 460 g/mol. The van der Waals surface area contributed by atoms with Gasteiger partial charge in [0.25, 0.3) is 0 Å². The second kappa shape index (κ2) is 8.21. The molecule has 0 N–H and O–H groups in total. The average Bonchev–Trinajstić information content (AvgIpc) is 3.14. The zero-order chi connectivity index (χ0) is 24.2. The molecular formula is C36H28. The van der Waals surface area contributed by atoms with Gasteiger partial charge in [-0.15, -0.1) is 0 Å². The molecule has 0 aliphatic heterocycles. The fraction of sp³-hybridized carbons (Fsp3) is 0.111. The van der Waals surface area contributed by atoms with Gasteiger partial charge in [0, 0.05) is 5.92 Å². The van der Waals surface area contributed by atoms with E-state index in [1.807, 2.05) is 0 Å². The van der Waals surface area contributed by atoms with Gasteiger partial charge >= 0.3 is 0 Å². The smallest absolute Gasteiger partial charge is 0.0364 e. The van der Waals surface area contributed by atoms with Gasteiger partial charge in [0.1, 0.15) is 0 Å². The highest BCUT2D eigenvalue weighted by Gasteiger charge is 2.36. The molecule has 0 atom stereocenters. The van der Waals surface area contributed by atoms with E-state index in [2.05, 4.69) is 135 Å². The van der Waals surface area contributed by atoms with Crippen LogP contribution in [0.25, 0.3) is 33.4 Å². The van der Waals surface area contributed by atoms with E-state index < -0.39 is 0 Å². The third-order valence-electron chi connectivity index (χ3n) is 7.96. The minimum atomic E-state index is 0.136. The standard InChI is InChI=1S/C36H28/c1-23(2)24-19-21-25(22-20-24)34-35-30-15-7-3-11-26(30)27-12-4-8-16-31(27)36(34)33-18-10-6-14-29(33)28-13-5-9-17-32(28)35/h3-23,35H,1-2H3. The number of allylic oxidation sites excluding steroid dienone is 1. The number of rotatable bonds is 2. The molecule has 5 aromatic rings. The Hall–Kier alpha value is -4.16. The van der Waals surface area contributed by atoms with Crippen LogP contribution in [-0.2, 0) is 0 Å². The van der Waals surface area contributed by atoms with Gasteiger partial charge in [-0.25, -0.2) is 0 Å². The SMILES string of the molecule is CC(C)c1ccc(C2=C3c4ccccc4-c4ccccc4C2c2ccccc2-c2ccccc23)cc1. The molecule has 5 aromatic carbocycles. The first-order chi connectivity index (χ1) is 17.7. The van der Waals surface area contributed by atoms with E-state index in [-0.39, 0.29) is 5.92 Å². The van der Waals surface area contributed by atoms with Crippen molar-refractivity contribution in [3.63, 3.8) is 0 Å². The minimum Gasteiger partial charge on any atom is -0.0619 e. The van der Waals surface area contributed by atoms with E-state index in [9.17, 15) is 0 Å². The molecule has 172 valence electrons. The quantitative estimate of drug-likeness (QED) is 0.246. The lowest BCUT2D eigenvalue weighted by atomic mass is 9.78. The molecule has 0 aromatic heterocycles. The topological polar surface area (TPSA) is 0 Å². The third-order valence-corrected chi connectivity index (χ3v) is 7.96. The Morgan fingerprint density at radius 2 is 0.861 bits per heavy atom. The van der Waals surface area contributed by atoms with Gasteiger partial charge in [0.05, 0.1) is 0 Å². The third kappa shape index (κ3) is 3.08. The first kappa shape index (κ1) is 21.1. The first-order valence-electron chi connectivity index (χ1n) is 12.9. The van der Waals surface area contributed by atoms with Gasteiger partial charge in [0.2, 0.25) is 0 Å². The van der Waals surface area contributed by atoms with Crippen molar-refractivity contribution in [2.75, 3.05) is 0 Å². The number of hydrogen-bond donors (Lipinski definition) is 0. The lowest BCUT2D eigenvalue weighted by Crippen LogP contribution is -2.06. The lowest BCUT2D eigenvalue weighted by molar-refractivity contribution is 0.866. The molecule has 0 nitrogen and oxygen atoms in total. The summed E-state index contributed by atoms with van der Waals surface area (Å²) in [6, 6.07) is 45.4. The maximum atomic E-state index is 2.35. The van der Waals surface area contributed by atoms with Gasteiger partial charge in [0.15, 0.2) is 0 Å². The fourth-order valence-corrected chi connectivity index (χ4v) is 6.28. The molecule has 0 fully saturated rings. The van der Waals surface area contributed by atoms with Crippen LogP contribution in [0, 0.1) is 0 Å². The average molecular weight is 461 g/mol. The summed E-state index contributed by atoms with van der Waals surface area (Å²) in [5.41, 5.74) is 16.1. The van der Waals surface area contributed by atoms with E-state index in [1.165, 1.54) is 66.8 Å². The van der Waals surface area contributed by atoms with Crippen LogP contribution in [0.1, 0.15) is 59.1 Å².